The second-order valence-corrected chi connectivity index (χ2v) is 6.95. The zero-order chi connectivity index (χ0) is 16.5. The molecule has 1 aliphatic heterocycles. The monoisotopic (exact) mass is 462 g/mol. The molecule has 0 bridgehead atoms. The zero-order valence-corrected chi connectivity index (χ0v) is 17.4. The van der Waals surface area contributed by atoms with Gasteiger partial charge in [0, 0.05) is 24.5 Å². The number of nitrogens with zero attached hydrogens (tertiary/aromatic N) is 1. The summed E-state index contributed by atoms with van der Waals surface area (Å²) < 4.78 is 0. The number of halogens is 1. The Morgan fingerprint density at radius 2 is 2.21 bits per heavy atom. The van der Waals surface area contributed by atoms with E-state index in [0.29, 0.717) is 11.2 Å². The first kappa shape index (κ1) is 21.1. The molecule has 24 heavy (non-hydrogen) atoms. The first-order chi connectivity index (χ1) is 11.2. The number of amides is 1. The molecule has 1 atom stereocenters. The molecule has 3 N–H and O–H groups in total. The maximum atomic E-state index is 12.0. The smallest absolute Gasteiger partial charge is 0.243 e. The van der Waals surface area contributed by atoms with Crippen molar-refractivity contribution in [1.29, 1.82) is 0 Å². The fourth-order valence-corrected chi connectivity index (χ4v) is 3.68. The van der Waals surface area contributed by atoms with E-state index >= 15 is 0 Å². The van der Waals surface area contributed by atoms with Crippen LogP contribution in [0, 0.1) is 0 Å². The highest BCUT2D eigenvalue weighted by molar-refractivity contribution is 14.0. The number of guanidine groups is 1. The zero-order valence-electron chi connectivity index (χ0n) is 14.3. The third-order valence-corrected chi connectivity index (χ3v) is 5.18. The van der Waals surface area contributed by atoms with Gasteiger partial charge in [-0.3, -0.25) is 9.79 Å². The van der Waals surface area contributed by atoms with E-state index in [2.05, 4.69) is 33.9 Å². The maximum Gasteiger partial charge on any atom is 0.243 e. The van der Waals surface area contributed by atoms with E-state index in [0.717, 1.165) is 18.7 Å². The molecule has 0 aliphatic carbocycles. The molecule has 5 nitrogen and oxygen atoms in total. The van der Waals surface area contributed by atoms with Gasteiger partial charge in [0.05, 0.1) is 6.54 Å². The molecule has 1 aromatic carbocycles. The van der Waals surface area contributed by atoms with E-state index in [-0.39, 0.29) is 36.4 Å². The van der Waals surface area contributed by atoms with Gasteiger partial charge in [0.15, 0.2) is 5.96 Å². The Kier molecular flexibility index (Phi) is 10.2. The first-order valence-corrected chi connectivity index (χ1v) is 9.21. The number of nitrogens with one attached hydrogen (secondary N) is 3. The largest absolute Gasteiger partial charge is 0.355 e. The normalized spacial score (nSPS) is 17.1. The lowest BCUT2D eigenvalue weighted by Crippen LogP contribution is -2.43. The fraction of sp³-hybridized carbons (Fsp3) is 0.529. The van der Waals surface area contributed by atoms with Crippen LogP contribution < -0.4 is 16.0 Å². The van der Waals surface area contributed by atoms with Crippen molar-refractivity contribution in [2.75, 3.05) is 31.2 Å². The van der Waals surface area contributed by atoms with Gasteiger partial charge >= 0.3 is 0 Å². The van der Waals surface area contributed by atoms with Crippen LogP contribution in [0.2, 0.25) is 0 Å². The van der Waals surface area contributed by atoms with Crippen molar-refractivity contribution in [2.45, 2.75) is 31.4 Å². The molecule has 1 fully saturated rings. The number of rotatable bonds is 6. The molecule has 0 radical (unpaired) electrons. The molecule has 0 saturated carbocycles. The van der Waals surface area contributed by atoms with Crippen molar-refractivity contribution >= 4 is 53.3 Å². The third-order valence-electron chi connectivity index (χ3n) is 3.78. The summed E-state index contributed by atoms with van der Waals surface area (Å²) in [6, 6.07) is 7.92. The van der Waals surface area contributed by atoms with Crippen LogP contribution >= 0.6 is 35.7 Å². The van der Waals surface area contributed by atoms with Gasteiger partial charge in [-0.05, 0) is 42.7 Å². The van der Waals surface area contributed by atoms with Crippen molar-refractivity contribution in [3.63, 3.8) is 0 Å². The molecule has 7 heteroatoms. The Labute approximate surface area is 165 Å². The Bertz CT molecular complexity index is 547. The van der Waals surface area contributed by atoms with Gasteiger partial charge < -0.3 is 16.0 Å². The Hall–Kier alpha value is -0.960. The second kappa shape index (κ2) is 11.6. The van der Waals surface area contributed by atoms with E-state index in [9.17, 15) is 4.79 Å². The Morgan fingerprint density at radius 1 is 1.38 bits per heavy atom. The summed E-state index contributed by atoms with van der Waals surface area (Å²) in [7, 11) is 1.72. The molecule has 1 unspecified atom stereocenters. The van der Waals surface area contributed by atoms with E-state index in [1.165, 1.54) is 24.2 Å². The molecule has 1 heterocycles. The first-order valence-electron chi connectivity index (χ1n) is 8.16. The van der Waals surface area contributed by atoms with E-state index in [1.54, 1.807) is 7.05 Å². The van der Waals surface area contributed by atoms with Crippen LogP contribution in [0.25, 0.3) is 0 Å². The topological polar surface area (TPSA) is 65.5 Å². The second-order valence-electron chi connectivity index (χ2n) is 5.54. The van der Waals surface area contributed by atoms with Crippen molar-refractivity contribution in [3.8, 4) is 0 Å². The molecule has 1 aliphatic rings. The maximum absolute atomic E-state index is 12.0. The highest BCUT2D eigenvalue weighted by Gasteiger charge is 2.15. The quantitative estimate of drug-likeness (QED) is 0.346. The summed E-state index contributed by atoms with van der Waals surface area (Å²) in [6.45, 7) is 3.19. The number of benzene rings is 1. The van der Waals surface area contributed by atoms with Crippen LogP contribution in [0.1, 0.15) is 25.3 Å². The third kappa shape index (κ3) is 7.29. The summed E-state index contributed by atoms with van der Waals surface area (Å²) >= 11 is 2.00. The lowest BCUT2D eigenvalue weighted by molar-refractivity contribution is -0.115. The lowest BCUT2D eigenvalue weighted by atomic mass is 10.1. The van der Waals surface area contributed by atoms with Crippen LogP contribution in [0.4, 0.5) is 5.69 Å². The number of hydrogen-bond donors (Lipinski definition) is 3. The standard InChI is InChI=1S/C17H26N4OS.HI/c1-3-13-6-4-7-14(10-13)21-16(22)12-20-17(18-2)19-11-15-8-5-9-23-15;/h4,6-7,10,15H,3,5,8-9,11-12H2,1-2H3,(H,21,22)(H2,18,19,20);1H. The molecule has 0 spiro atoms. The van der Waals surface area contributed by atoms with E-state index in [1.807, 2.05) is 30.0 Å². The van der Waals surface area contributed by atoms with Crippen LogP contribution in [-0.2, 0) is 11.2 Å². The van der Waals surface area contributed by atoms with Gasteiger partial charge in [-0.25, -0.2) is 0 Å². The van der Waals surface area contributed by atoms with Crippen LogP contribution in [-0.4, -0.2) is 43.0 Å². The number of anilines is 1. The van der Waals surface area contributed by atoms with E-state index in [4.69, 9.17) is 0 Å². The minimum Gasteiger partial charge on any atom is -0.355 e. The van der Waals surface area contributed by atoms with Crippen molar-refractivity contribution in [3.05, 3.63) is 29.8 Å². The van der Waals surface area contributed by atoms with Crippen molar-refractivity contribution in [1.82, 2.24) is 10.6 Å². The SMILES string of the molecule is CCc1cccc(NC(=O)CNC(=NC)NCC2CCCS2)c1.I. The molecular formula is C17H27IN4OS. The van der Waals surface area contributed by atoms with Crippen LogP contribution in [0.5, 0.6) is 0 Å². The highest BCUT2D eigenvalue weighted by Crippen LogP contribution is 2.25. The highest BCUT2D eigenvalue weighted by atomic mass is 127. The van der Waals surface area contributed by atoms with Gasteiger partial charge in [0.25, 0.3) is 0 Å². The van der Waals surface area contributed by atoms with Crippen molar-refractivity contribution in [2.24, 2.45) is 4.99 Å². The summed E-state index contributed by atoms with van der Waals surface area (Å²) in [5, 5.41) is 9.90. The fourth-order valence-electron chi connectivity index (χ4n) is 2.47. The van der Waals surface area contributed by atoms with Gasteiger partial charge in [-0.15, -0.1) is 24.0 Å². The minimum atomic E-state index is -0.0727. The van der Waals surface area contributed by atoms with Crippen molar-refractivity contribution < 1.29 is 4.79 Å². The summed E-state index contributed by atoms with van der Waals surface area (Å²) in [6.07, 6.45) is 3.50. The molecular weight excluding hydrogens is 435 g/mol. The number of carbonyl (C=O) groups excluding carboxylic acids is 1. The predicted molar refractivity (Wildman–Crippen MR) is 115 cm³/mol. The Morgan fingerprint density at radius 3 is 2.88 bits per heavy atom. The van der Waals surface area contributed by atoms with Gasteiger partial charge in [0.2, 0.25) is 5.91 Å². The molecule has 1 aromatic rings. The molecule has 0 aromatic heterocycles. The Balaban J connectivity index is 0.00000288. The average molecular weight is 462 g/mol. The number of hydrogen-bond acceptors (Lipinski definition) is 3. The molecule has 1 saturated heterocycles. The summed E-state index contributed by atoms with van der Waals surface area (Å²) in [5.41, 5.74) is 2.05. The van der Waals surface area contributed by atoms with Gasteiger partial charge in [-0.1, -0.05) is 19.1 Å². The van der Waals surface area contributed by atoms with Gasteiger partial charge in [-0.2, -0.15) is 11.8 Å². The molecule has 1 amide bonds. The number of aryl methyl sites for hydroxylation is 1. The molecule has 2 rings (SSSR count). The van der Waals surface area contributed by atoms with Crippen LogP contribution in [0.15, 0.2) is 29.3 Å². The minimum absolute atomic E-state index is 0. The summed E-state index contributed by atoms with van der Waals surface area (Å²) in [4.78, 5) is 16.2. The van der Waals surface area contributed by atoms with Crippen LogP contribution in [0.3, 0.4) is 0 Å². The van der Waals surface area contributed by atoms with E-state index < -0.39 is 0 Å². The number of carbonyl (C=O) groups is 1. The summed E-state index contributed by atoms with van der Waals surface area (Å²) in [5.74, 6) is 1.85. The number of thioether (sulfide) groups is 1. The predicted octanol–water partition coefficient (Wildman–Crippen LogP) is 2.87. The number of aliphatic imine (C=N–C) groups is 1. The lowest BCUT2D eigenvalue weighted by Gasteiger charge is -2.14. The average Bonchev–Trinajstić information content (AvgIpc) is 3.08. The molecule has 134 valence electrons. The van der Waals surface area contributed by atoms with Gasteiger partial charge in [0.1, 0.15) is 0 Å².